The van der Waals surface area contributed by atoms with Crippen LogP contribution in [0, 0.1) is 6.92 Å². The number of aromatic amines is 1. The van der Waals surface area contributed by atoms with Gasteiger partial charge in [-0.3, -0.25) is 9.78 Å². The molecular weight excluding hydrogens is 396 g/mol. The lowest BCUT2D eigenvalue weighted by Gasteiger charge is -2.26. The van der Waals surface area contributed by atoms with Crippen LogP contribution in [0.25, 0.3) is 10.9 Å². The average molecular weight is 423 g/mol. The Morgan fingerprint density at radius 1 is 1.33 bits per heavy atom. The van der Waals surface area contributed by atoms with Gasteiger partial charge in [-0.2, -0.15) is 0 Å². The van der Waals surface area contributed by atoms with Crippen molar-refractivity contribution in [3.63, 3.8) is 0 Å². The quantitative estimate of drug-likeness (QED) is 0.594. The third kappa shape index (κ3) is 5.04. The van der Waals surface area contributed by atoms with E-state index in [1.165, 1.54) is 0 Å². The van der Waals surface area contributed by atoms with E-state index in [4.69, 9.17) is 17.0 Å². The van der Waals surface area contributed by atoms with E-state index in [1.807, 2.05) is 54.4 Å². The van der Waals surface area contributed by atoms with Gasteiger partial charge >= 0.3 is 0 Å². The molecule has 0 spiro atoms. The molecule has 1 atom stereocenters. The van der Waals surface area contributed by atoms with Crippen molar-refractivity contribution < 1.29 is 4.74 Å². The summed E-state index contributed by atoms with van der Waals surface area (Å²) in [5.41, 5.74) is 3.58. The smallest absolute Gasteiger partial charge is 0.253 e. The van der Waals surface area contributed by atoms with Crippen molar-refractivity contribution >= 4 is 28.2 Å². The molecule has 1 aromatic carbocycles. The minimum atomic E-state index is -0.0915. The van der Waals surface area contributed by atoms with Crippen LogP contribution >= 0.6 is 12.2 Å². The van der Waals surface area contributed by atoms with Crippen LogP contribution in [0.15, 0.2) is 53.6 Å². The maximum atomic E-state index is 12.7. The molecule has 0 radical (unpaired) electrons. The molecule has 6 nitrogen and oxygen atoms in total. The van der Waals surface area contributed by atoms with E-state index in [2.05, 4.69) is 15.3 Å². The third-order valence-corrected chi connectivity index (χ3v) is 5.73. The number of fused-ring (bicyclic) bond motifs is 1. The average Bonchev–Trinajstić information content (AvgIpc) is 3.26. The van der Waals surface area contributed by atoms with Gasteiger partial charge < -0.3 is 19.9 Å². The fraction of sp³-hybridized carbons (Fsp3) is 0.348. The molecule has 2 N–H and O–H groups in total. The number of ether oxygens (including phenoxy) is 1. The fourth-order valence-electron chi connectivity index (χ4n) is 3.71. The zero-order valence-electron chi connectivity index (χ0n) is 17.1. The standard InChI is InChI=1S/C23H26N4O2S/c1-16-6-7-18-11-19(22(28)26-21(18)10-16)15-27(14-17-4-2-8-24-12-17)23(30)25-13-20-5-3-9-29-20/h2,4,6-8,10-12,20H,3,5,9,13-15H2,1H3,(H,25,30)(H,26,28). The summed E-state index contributed by atoms with van der Waals surface area (Å²) in [5, 5.41) is 4.95. The number of aromatic nitrogens is 2. The van der Waals surface area contributed by atoms with Crippen molar-refractivity contribution in [1.82, 2.24) is 20.2 Å². The van der Waals surface area contributed by atoms with Crippen LogP contribution in [-0.4, -0.2) is 39.2 Å². The Balaban J connectivity index is 1.56. The van der Waals surface area contributed by atoms with Gasteiger partial charge in [0.1, 0.15) is 0 Å². The summed E-state index contributed by atoms with van der Waals surface area (Å²) in [4.78, 5) is 22.0. The first-order valence-electron chi connectivity index (χ1n) is 10.2. The van der Waals surface area contributed by atoms with Gasteiger partial charge in [-0.05, 0) is 66.7 Å². The second-order valence-corrected chi connectivity index (χ2v) is 8.14. The number of benzene rings is 1. The molecule has 4 rings (SSSR count). The zero-order valence-corrected chi connectivity index (χ0v) is 17.9. The molecule has 30 heavy (non-hydrogen) atoms. The van der Waals surface area contributed by atoms with Crippen molar-refractivity contribution in [3.05, 3.63) is 75.8 Å². The van der Waals surface area contributed by atoms with Crippen LogP contribution in [0.1, 0.15) is 29.5 Å². The summed E-state index contributed by atoms with van der Waals surface area (Å²) < 4.78 is 5.69. The number of nitrogens with zero attached hydrogens (tertiary/aromatic N) is 2. The molecule has 1 unspecified atom stereocenters. The number of nitrogens with one attached hydrogen (secondary N) is 2. The molecule has 1 saturated heterocycles. The topological polar surface area (TPSA) is 70.2 Å². The molecule has 3 heterocycles. The maximum absolute atomic E-state index is 12.7. The molecular formula is C23H26N4O2S. The Morgan fingerprint density at radius 3 is 3.00 bits per heavy atom. The van der Waals surface area contributed by atoms with Crippen molar-refractivity contribution in [1.29, 1.82) is 0 Å². The summed E-state index contributed by atoms with van der Waals surface area (Å²) >= 11 is 5.69. The van der Waals surface area contributed by atoms with Gasteiger partial charge in [-0.1, -0.05) is 18.2 Å². The number of H-pyrrole nitrogens is 1. The Morgan fingerprint density at radius 2 is 2.23 bits per heavy atom. The normalized spacial score (nSPS) is 16.0. The molecule has 7 heteroatoms. The largest absolute Gasteiger partial charge is 0.376 e. The van der Waals surface area contributed by atoms with E-state index >= 15 is 0 Å². The summed E-state index contributed by atoms with van der Waals surface area (Å²) in [6.45, 7) is 4.47. The SMILES string of the molecule is Cc1ccc2cc(CN(Cc3cccnc3)C(=S)NCC3CCCO3)c(=O)[nH]c2c1. The lowest BCUT2D eigenvalue weighted by Crippen LogP contribution is -2.42. The molecule has 0 amide bonds. The van der Waals surface area contributed by atoms with Gasteiger partial charge in [0.25, 0.3) is 5.56 Å². The van der Waals surface area contributed by atoms with Crippen LogP contribution in [0.3, 0.4) is 0 Å². The Kier molecular flexibility index (Phi) is 6.40. The van der Waals surface area contributed by atoms with Crippen LogP contribution in [-0.2, 0) is 17.8 Å². The maximum Gasteiger partial charge on any atom is 0.253 e. The van der Waals surface area contributed by atoms with E-state index in [1.54, 1.807) is 6.20 Å². The Bertz CT molecular complexity index is 1080. The van der Waals surface area contributed by atoms with Crippen LogP contribution < -0.4 is 10.9 Å². The lowest BCUT2D eigenvalue weighted by atomic mass is 10.1. The molecule has 0 saturated carbocycles. The van der Waals surface area contributed by atoms with Gasteiger partial charge in [0.15, 0.2) is 5.11 Å². The Labute approximate surface area is 181 Å². The summed E-state index contributed by atoms with van der Waals surface area (Å²) in [6.07, 6.45) is 5.89. The molecule has 0 bridgehead atoms. The first-order chi connectivity index (χ1) is 14.6. The highest BCUT2D eigenvalue weighted by Gasteiger charge is 2.18. The lowest BCUT2D eigenvalue weighted by molar-refractivity contribution is 0.113. The first kappa shape index (κ1) is 20.5. The highest BCUT2D eigenvalue weighted by atomic mass is 32.1. The van der Waals surface area contributed by atoms with Gasteiger partial charge in [0.2, 0.25) is 0 Å². The van der Waals surface area contributed by atoms with E-state index in [9.17, 15) is 4.79 Å². The second-order valence-electron chi connectivity index (χ2n) is 7.75. The predicted octanol–water partition coefficient (Wildman–Crippen LogP) is 3.29. The van der Waals surface area contributed by atoms with Crippen LogP contribution in [0.5, 0.6) is 0 Å². The summed E-state index contributed by atoms with van der Waals surface area (Å²) in [7, 11) is 0. The third-order valence-electron chi connectivity index (χ3n) is 5.33. The van der Waals surface area contributed by atoms with E-state index in [0.29, 0.717) is 30.3 Å². The first-order valence-corrected chi connectivity index (χ1v) is 10.6. The fourth-order valence-corrected chi connectivity index (χ4v) is 3.93. The van der Waals surface area contributed by atoms with Crippen molar-refractivity contribution in [2.24, 2.45) is 0 Å². The molecule has 1 aliphatic rings. The van der Waals surface area contributed by atoms with Crippen molar-refractivity contribution in [2.75, 3.05) is 13.2 Å². The number of thiocarbonyl (C=S) groups is 1. The number of aryl methyl sites for hydroxylation is 1. The minimum Gasteiger partial charge on any atom is -0.376 e. The van der Waals surface area contributed by atoms with Crippen LogP contribution in [0.4, 0.5) is 0 Å². The molecule has 1 fully saturated rings. The van der Waals surface area contributed by atoms with E-state index in [0.717, 1.165) is 41.5 Å². The molecule has 3 aromatic rings. The minimum absolute atomic E-state index is 0.0915. The Hall–Kier alpha value is -2.77. The van der Waals surface area contributed by atoms with E-state index < -0.39 is 0 Å². The molecule has 2 aromatic heterocycles. The molecule has 0 aliphatic carbocycles. The summed E-state index contributed by atoms with van der Waals surface area (Å²) in [5.74, 6) is 0. The molecule has 1 aliphatic heterocycles. The second kappa shape index (κ2) is 9.36. The highest BCUT2D eigenvalue weighted by molar-refractivity contribution is 7.80. The zero-order chi connectivity index (χ0) is 20.9. The number of hydrogen-bond acceptors (Lipinski definition) is 4. The number of hydrogen-bond donors (Lipinski definition) is 2. The van der Waals surface area contributed by atoms with Crippen molar-refractivity contribution in [3.8, 4) is 0 Å². The van der Waals surface area contributed by atoms with Gasteiger partial charge in [-0.25, -0.2) is 0 Å². The molecule has 156 valence electrons. The van der Waals surface area contributed by atoms with Crippen LogP contribution in [0.2, 0.25) is 0 Å². The van der Waals surface area contributed by atoms with Gasteiger partial charge in [0, 0.05) is 43.2 Å². The number of pyridine rings is 2. The monoisotopic (exact) mass is 422 g/mol. The summed E-state index contributed by atoms with van der Waals surface area (Å²) in [6, 6.07) is 11.9. The van der Waals surface area contributed by atoms with Gasteiger partial charge in [-0.15, -0.1) is 0 Å². The van der Waals surface area contributed by atoms with Crippen molar-refractivity contribution in [2.45, 2.75) is 39.0 Å². The van der Waals surface area contributed by atoms with E-state index in [-0.39, 0.29) is 11.7 Å². The highest BCUT2D eigenvalue weighted by Crippen LogP contribution is 2.16. The van der Waals surface area contributed by atoms with Gasteiger partial charge in [0.05, 0.1) is 12.6 Å². The predicted molar refractivity (Wildman–Crippen MR) is 122 cm³/mol. The number of rotatable bonds is 6.